The molecule has 0 bridgehead atoms. The predicted octanol–water partition coefficient (Wildman–Crippen LogP) is 4.02. The van der Waals surface area contributed by atoms with Gasteiger partial charge < -0.3 is 14.4 Å². The van der Waals surface area contributed by atoms with Crippen LogP contribution in [0.15, 0.2) is 24.8 Å². The molecule has 3 saturated heterocycles. The number of nitrogens with one attached hydrogen (secondary N) is 1. The smallest absolute Gasteiger partial charge is 0.323 e. The van der Waals surface area contributed by atoms with Crippen molar-refractivity contribution in [1.29, 1.82) is 0 Å². The molecule has 1 unspecified atom stereocenters. The molecule has 1 spiro atoms. The van der Waals surface area contributed by atoms with Crippen molar-refractivity contribution >= 4 is 32.7 Å². The Labute approximate surface area is 202 Å². The molecular weight excluding hydrogens is 452 g/mol. The number of thiazole rings is 1. The molecule has 6 rings (SSSR count). The lowest BCUT2D eigenvalue weighted by Gasteiger charge is -2.33. The average Bonchev–Trinajstić information content (AvgIpc) is 3.59. The zero-order chi connectivity index (χ0) is 23.0. The van der Waals surface area contributed by atoms with Crippen LogP contribution in [0.1, 0.15) is 32.1 Å². The van der Waals surface area contributed by atoms with E-state index >= 15 is 0 Å². The first-order chi connectivity index (χ1) is 16.7. The standard InChI is InChI=1S/C24H30N6O3S/c31-23(29-6-3-24(16-29)4-8-32-9-5-24)28-22-27-20-12-25-11-19(21(20)34-22)18-10-26-30(14-18)13-17-2-1-7-33-15-17/h10-12,14,17H,1-9,13,15-16H2,(H,27,28,31). The minimum atomic E-state index is -0.0700. The molecule has 34 heavy (non-hydrogen) atoms. The largest absolute Gasteiger partial charge is 0.381 e. The van der Waals surface area contributed by atoms with E-state index in [1.165, 1.54) is 17.8 Å². The van der Waals surface area contributed by atoms with Crippen molar-refractivity contribution in [1.82, 2.24) is 24.6 Å². The number of ether oxygens (including phenoxy) is 2. The number of carbonyl (C=O) groups is 1. The molecule has 3 aromatic heterocycles. The molecule has 0 aromatic carbocycles. The summed E-state index contributed by atoms with van der Waals surface area (Å²) in [5, 5.41) is 8.21. The van der Waals surface area contributed by atoms with Crippen LogP contribution in [0.25, 0.3) is 21.3 Å². The van der Waals surface area contributed by atoms with Gasteiger partial charge in [-0.25, -0.2) is 9.78 Å². The van der Waals surface area contributed by atoms with Gasteiger partial charge >= 0.3 is 6.03 Å². The van der Waals surface area contributed by atoms with Crippen LogP contribution in [0, 0.1) is 11.3 Å². The monoisotopic (exact) mass is 482 g/mol. The van der Waals surface area contributed by atoms with E-state index < -0.39 is 0 Å². The maximum absolute atomic E-state index is 13.0. The van der Waals surface area contributed by atoms with Gasteiger partial charge in [-0.15, -0.1) is 0 Å². The lowest BCUT2D eigenvalue weighted by molar-refractivity contribution is 0.0211. The Morgan fingerprint density at radius 2 is 2.09 bits per heavy atom. The van der Waals surface area contributed by atoms with Gasteiger partial charge in [0, 0.05) is 68.9 Å². The quantitative estimate of drug-likeness (QED) is 0.604. The molecule has 3 fully saturated rings. The van der Waals surface area contributed by atoms with Crippen LogP contribution >= 0.6 is 11.3 Å². The van der Waals surface area contributed by atoms with E-state index in [0.29, 0.717) is 11.0 Å². The number of fused-ring (bicyclic) bond motifs is 1. The zero-order valence-corrected chi connectivity index (χ0v) is 20.1. The second kappa shape index (κ2) is 9.24. The molecule has 0 radical (unpaired) electrons. The molecule has 3 aliphatic rings. The Morgan fingerprint density at radius 1 is 1.18 bits per heavy atom. The van der Waals surface area contributed by atoms with Crippen LogP contribution < -0.4 is 5.32 Å². The fourth-order valence-corrected chi connectivity index (χ4v) is 6.38. The molecule has 3 aromatic rings. The number of pyridine rings is 1. The molecule has 9 nitrogen and oxygen atoms in total. The van der Waals surface area contributed by atoms with Crippen LogP contribution in [-0.2, 0) is 16.0 Å². The molecule has 0 saturated carbocycles. The van der Waals surface area contributed by atoms with Gasteiger partial charge in [-0.3, -0.25) is 15.0 Å². The molecule has 1 N–H and O–H groups in total. The highest BCUT2D eigenvalue weighted by atomic mass is 32.1. The summed E-state index contributed by atoms with van der Waals surface area (Å²) in [6.07, 6.45) is 13.0. The van der Waals surface area contributed by atoms with Gasteiger partial charge in [0.15, 0.2) is 5.13 Å². The summed E-state index contributed by atoms with van der Waals surface area (Å²) in [6, 6.07) is -0.0700. The maximum Gasteiger partial charge on any atom is 0.323 e. The molecule has 180 valence electrons. The Morgan fingerprint density at radius 3 is 2.94 bits per heavy atom. The van der Waals surface area contributed by atoms with Gasteiger partial charge in [0.25, 0.3) is 0 Å². The second-order valence-corrected chi connectivity index (χ2v) is 10.8. The van der Waals surface area contributed by atoms with E-state index in [9.17, 15) is 4.79 Å². The van der Waals surface area contributed by atoms with Gasteiger partial charge in [-0.2, -0.15) is 5.10 Å². The van der Waals surface area contributed by atoms with Gasteiger partial charge in [0.2, 0.25) is 0 Å². The number of anilines is 1. The Hall–Kier alpha value is -2.56. The minimum Gasteiger partial charge on any atom is -0.381 e. The lowest BCUT2D eigenvalue weighted by Crippen LogP contribution is -2.37. The van der Waals surface area contributed by atoms with Gasteiger partial charge in [0.1, 0.15) is 5.52 Å². The number of rotatable bonds is 4. The fourth-order valence-electron chi connectivity index (χ4n) is 5.42. The van der Waals surface area contributed by atoms with Crippen LogP contribution in [0.2, 0.25) is 0 Å². The number of amides is 2. The van der Waals surface area contributed by atoms with E-state index in [0.717, 1.165) is 93.1 Å². The lowest BCUT2D eigenvalue weighted by atomic mass is 9.80. The van der Waals surface area contributed by atoms with E-state index in [1.54, 1.807) is 6.20 Å². The highest BCUT2D eigenvalue weighted by Crippen LogP contribution is 2.40. The number of likely N-dealkylation sites (tertiary alicyclic amines) is 1. The Kier molecular flexibility index (Phi) is 5.96. The van der Waals surface area contributed by atoms with Crippen molar-refractivity contribution in [2.45, 2.75) is 38.6 Å². The molecule has 6 heterocycles. The van der Waals surface area contributed by atoms with Crippen LogP contribution in [0.5, 0.6) is 0 Å². The second-order valence-electron chi connectivity index (χ2n) is 9.80. The molecule has 2 amide bonds. The minimum absolute atomic E-state index is 0.0700. The van der Waals surface area contributed by atoms with Crippen molar-refractivity contribution in [3.05, 3.63) is 24.8 Å². The number of hydrogen-bond acceptors (Lipinski definition) is 7. The number of hydrogen-bond donors (Lipinski definition) is 1. The average molecular weight is 483 g/mol. The van der Waals surface area contributed by atoms with Crippen molar-refractivity contribution in [3.63, 3.8) is 0 Å². The van der Waals surface area contributed by atoms with E-state index in [-0.39, 0.29) is 11.4 Å². The predicted molar refractivity (Wildman–Crippen MR) is 130 cm³/mol. The summed E-state index contributed by atoms with van der Waals surface area (Å²) in [5.74, 6) is 0.506. The van der Waals surface area contributed by atoms with E-state index in [1.807, 2.05) is 22.0 Å². The fraction of sp³-hybridized carbons (Fsp3) is 0.583. The van der Waals surface area contributed by atoms with Crippen LogP contribution in [0.3, 0.4) is 0 Å². The van der Waals surface area contributed by atoms with Crippen molar-refractivity contribution < 1.29 is 14.3 Å². The first kappa shape index (κ1) is 21.9. The Bertz CT molecular complexity index is 1160. The third-order valence-corrected chi connectivity index (χ3v) is 8.46. The summed E-state index contributed by atoms with van der Waals surface area (Å²) >= 11 is 1.49. The number of aromatic nitrogens is 4. The summed E-state index contributed by atoms with van der Waals surface area (Å²) in [7, 11) is 0. The summed E-state index contributed by atoms with van der Waals surface area (Å²) in [4.78, 5) is 23.9. The third-order valence-electron chi connectivity index (χ3n) is 7.44. The van der Waals surface area contributed by atoms with E-state index in [4.69, 9.17) is 9.47 Å². The summed E-state index contributed by atoms with van der Waals surface area (Å²) in [5.41, 5.74) is 3.01. The molecule has 0 aliphatic carbocycles. The topological polar surface area (TPSA) is 94.4 Å². The Balaban J connectivity index is 1.16. The van der Waals surface area contributed by atoms with Crippen molar-refractivity contribution in [2.24, 2.45) is 11.3 Å². The maximum atomic E-state index is 13.0. The molecule has 3 aliphatic heterocycles. The van der Waals surface area contributed by atoms with E-state index in [2.05, 4.69) is 26.6 Å². The molecule has 1 atom stereocenters. The summed E-state index contributed by atoms with van der Waals surface area (Å²) < 4.78 is 14.1. The summed E-state index contributed by atoms with van der Waals surface area (Å²) in [6.45, 7) is 5.71. The van der Waals surface area contributed by atoms with Gasteiger partial charge in [0.05, 0.1) is 23.7 Å². The number of carbonyl (C=O) groups excluding carboxylic acids is 1. The highest BCUT2D eigenvalue weighted by Gasteiger charge is 2.41. The van der Waals surface area contributed by atoms with Gasteiger partial charge in [-0.1, -0.05) is 11.3 Å². The van der Waals surface area contributed by atoms with Crippen molar-refractivity contribution in [3.8, 4) is 11.1 Å². The van der Waals surface area contributed by atoms with Crippen molar-refractivity contribution in [2.75, 3.05) is 44.8 Å². The number of urea groups is 1. The first-order valence-corrected chi connectivity index (χ1v) is 13.0. The normalized spacial score (nSPS) is 22.5. The molecule has 10 heteroatoms. The third kappa shape index (κ3) is 4.42. The zero-order valence-electron chi connectivity index (χ0n) is 19.2. The molecular formula is C24H30N6O3S. The first-order valence-electron chi connectivity index (χ1n) is 12.2. The number of nitrogens with zero attached hydrogens (tertiary/aromatic N) is 5. The van der Waals surface area contributed by atoms with Crippen LogP contribution in [0.4, 0.5) is 9.93 Å². The highest BCUT2D eigenvalue weighted by molar-refractivity contribution is 7.22. The van der Waals surface area contributed by atoms with Crippen LogP contribution in [-0.4, -0.2) is 70.2 Å². The SMILES string of the molecule is O=C(Nc1nc2cncc(-c3cnn(CC4CCCOC4)c3)c2s1)N1CCC2(CCOCC2)C1. The van der Waals surface area contributed by atoms with Gasteiger partial charge in [-0.05, 0) is 37.5 Å².